The van der Waals surface area contributed by atoms with Gasteiger partial charge in [0, 0.05) is 36.5 Å². The Kier molecular flexibility index (Phi) is 7.84. The van der Waals surface area contributed by atoms with Crippen LogP contribution in [0.15, 0.2) is 30.7 Å². The number of carbonyl (C=O) groups is 1. The van der Waals surface area contributed by atoms with Gasteiger partial charge in [-0.25, -0.2) is 4.98 Å². The molecule has 2 aromatic rings. The summed E-state index contributed by atoms with van der Waals surface area (Å²) in [7, 11) is 0. The lowest BCUT2D eigenvalue weighted by Crippen LogP contribution is -2.52. The highest BCUT2D eigenvalue weighted by Crippen LogP contribution is 2.63. The number of nitrogens with zero attached hydrogens (tertiary/aromatic N) is 4. The normalized spacial score (nSPS) is 31.9. The second-order valence-corrected chi connectivity index (χ2v) is 15.4. The third-order valence-electron chi connectivity index (χ3n) is 12.0. The number of aromatic nitrogens is 3. The first-order valence-electron chi connectivity index (χ1n) is 16.6. The molecule has 0 radical (unpaired) electrons. The molecule has 0 atom stereocenters. The predicted octanol–water partition coefficient (Wildman–Crippen LogP) is 7.97. The van der Waals surface area contributed by atoms with Crippen molar-refractivity contribution < 1.29 is 9.90 Å². The maximum Gasteiger partial charge on any atom is 0.231 e. The van der Waals surface area contributed by atoms with Gasteiger partial charge in [0.05, 0.1) is 12.3 Å². The van der Waals surface area contributed by atoms with Crippen LogP contribution in [-0.2, 0) is 4.79 Å². The van der Waals surface area contributed by atoms with Crippen LogP contribution in [-0.4, -0.2) is 38.4 Å². The summed E-state index contributed by atoms with van der Waals surface area (Å²) in [6.07, 6.45) is 21.8. The Balaban J connectivity index is 1.23. The molecule has 0 aliphatic heterocycles. The Bertz CT molecular complexity index is 1190. The number of anilines is 1. The number of pyridine rings is 1. The van der Waals surface area contributed by atoms with E-state index in [0.29, 0.717) is 16.9 Å². The molecule has 1 N–H and O–H groups in total. The molecule has 0 saturated heterocycles. The molecule has 7 rings (SSSR count). The van der Waals surface area contributed by atoms with E-state index in [2.05, 4.69) is 50.0 Å². The van der Waals surface area contributed by atoms with Gasteiger partial charge in [-0.1, -0.05) is 13.8 Å². The van der Waals surface area contributed by atoms with Crippen molar-refractivity contribution in [2.24, 2.45) is 28.1 Å². The van der Waals surface area contributed by atoms with Crippen LogP contribution < -0.4 is 4.90 Å². The van der Waals surface area contributed by atoms with Gasteiger partial charge in [0.25, 0.3) is 0 Å². The molecule has 5 aliphatic carbocycles. The molecular weight excluding hydrogens is 508 g/mol. The third kappa shape index (κ3) is 5.87. The van der Waals surface area contributed by atoms with Crippen molar-refractivity contribution in [1.29, 1.82) is 0 Å². The highest BCUT2D eigenvalue weighted by atomic mass is 16.3. The number of aliphatic hydroxyl groups is 1. The quantitative estimate of drug-likeness (QED) is 0.373. The van der Waals surface area contributed by atoms with E-state index < -0.39 is 0 Å². The van der Waals surface area contributed by atoms with Crippen molar-refractivity contribution in [1.82, 2.24) is 14.8 Å². The fourth-order valence-electron chi connectivity index (χ4n) is 8.82. The first-order valence-corrected chi connectivity index (χ1v) is 16.6. The molecule has 5 aliphatic rings. The Morgan fingerprint density at radius 1 is 0.976 bits per heavy atom. The smallest absolute Gasteiger partial charge is 0.231 e. The maximum absolute atomic E-state index is 14.3. The lowest BCUT2D eigenvalue weighted by atomic mass is 9.48. The zero-order chi connectivity index (χ0) is 28.8. The Labute approximate surface area is 247 Å². The van der Waals surface area contributed by atoms with E-state index in [1.807, 2.05) is 23.1 Å². The second-order valence-electron chi connectivity index (χ2n) is 15.4. The Morgan fingerprint density at radius 3 is 2.24 bits per heavy atom. The molecule has 0 unspecified atom stereocenters. The van der Waals surface area contributed by atoms with Gasteiger partial charge in [0.1, 0.15) is 5.82 Å². The number of aliphatic hydroxyl groups excluding tert-OH is 1. The van der Waals surface area contributed by atoms with Crippen LogP contribution in [0.25, 0.3) is 11.1 Å². The number of hydrogen-bond donors (Lipinski definition) is 1. The summed E-state index contributed by atoms with van der Waals surface area (Å²) < 4.78 is 1.98. The fraction of sp³-hybridized carbons (Fsp3) is 0.743. The van der Waals surface area contributed by atoms with Crippen molar-refractivity contribution in [3.8, 4) is 11.1 Å². The number of hydrogen-bond acceptors (Lipinski definition) is 4. The van der Waals surface area contributed by atoms with Crippen molar-refractivity contribution in [3.63, 3.8) is 0 Å². The monoisotopic (exact) mass is 560 g/mol. The number of carbonyl (C=O) groups excluding carboxylic acids is 1. The van der Waals surface area contributed by atoms with Crippen LogP contribution in [0.3, 0.4) is 0 Å². The first kappa shape index (κ1) is 28.9. The van der Waals surface area contributed by atoms with Crippen LogP contribution in [0, 0.1) is 28.1 Å². The Morgan fingerprint density at radius 2 is 1.63 bits per heavy atom. The van der Waals surface area contributed by atoms with E-state index >= 15 is 0 Å². The average Bonchev–Trinajstić information content (AvgIpc) is 3.48. The molecule has 5 saturated carbocycles. The van der Waals surface area contributed by atoms with Gasteiger partial charge in [0.15, 0.2) is 0 Å². The van der Waals surface area contributed by atoms with Crippen LogP contribution in [0.2, 0.25) is 0 Å². The zero-order valence-corrected chi connectivity index (χ0v) is 25.9. The van der Waals surface area contributed by atoms with E-state index in [0.717, 1.165) is 55.1 Å². The number of rotatable bonds is 7. The van der Waals surface area contributed by atoms with Gasteiger partial charge in [0.2, 0.25) is 5.91 Å². The molecule has 2 bridgehead atoms. The lowest BCUT2D eigenvalue weighted by molar-refractivity contribution is -0.125. The molecular formula is C35H52N4O2. The summed E-state index contributed by atoms with van der Waals surface area (Å²) in [5.41, 5.74) is 3.37. The van der Waals surface area contributed by atoms with Crippen molar-refractivity contribution >= 4 is 11.7 Å². The van der Waals surface area contributed by atoms with Crippen LogP contribution in [0.5, 0.6) is 0 Å². The highest BCUT2D eigenvalue weighted by Gasteiger charge is 2.53. The van der Waals surface area contributed by atoms with Crippen molar-refractivity contribution in [2.75, 3.05) is 11.4 Å². The summed E-state index contributed by atoms with van der Waals surface area (Å²) >= 11 is 0. The van der Waals surface area contributed by atoms with Gasteiger partial charge < -0.3 is 5.11 Å². The number of amides is 1. The van der Waals surface area contributed by atoms with E-state index in [1.165, 1.54) is 64.2 Å². The second kappa shape index (κ2) is 11.1. The molecule has 2 heterocycles. The summed E-state index contributed by atoms with van der Waals surface area (Å²) in [4.78, 5) is 21.1. The first-order chi connectivity index (χ1) is 19.6. The minimum atomic E-state index is -0.264. The van der Waals surface area contributed by atoms with Crippen molar-refractivity contribution in [2.45, 2.75) is 130 Å². The summed E-state index contributed by atoms with van der Waals surface area (Å²) in [5, 5.41) is 14.7. The summed E-state index contributed by atoms with van der Waals surface area (Å²) in [6, 6.07) is 4.44. The predicted molar refractivity (Wildman–Crippen MR) is 164 cm³/mol. The van der Waals surface area contributed by atoms with Gasteiger partial charge >= 0.3 is 0 Å². The molecule has 0 spiro atoms. The standard InChI is InChI=1S/C35H52N4O2/c1-25(2)39-23-28(22-37-39)27-11-20-36-31(21-27)38(32(41)26-5-7-30(40)8-6-26)24-34-14-17-35(18-15-34,19-16-34)29-9-12-33(3,4)13-10-29/h11,20-23,25-26,29-30,40H,5-10,12-19,24H2,1-4H3. The van der Waals surface area contributed by atoms with Crippen LogP contribution in [0.1, 0.15) is 124 Å². The molecule has 1 amide bonds. The lowest BCUT2D eigenvalue weighted by Gasteiger charge is -2.58. The summed E-state index contributed by atoms with van der Waals surface area (Å²) in [6.45, 7) is 9.94. The molecule has 5 fully saturated rings. The van der Waals surface area contributed by atoms with Crippen molar-refractivity contribution in [3.05, 3.63) is 30.7 Å². The van der Waals surface area contributed by atoms with E-state index in [9.17, 15) is 9.90 Å². The molecule has 6 nitrogen and oxygen atoms in total. The topological polar surface area (TPSA) is 71.2 Å². The van der Waals surface area contributed by atoms with E-state index in [4.69, 9.17) is 4.98 Å². The Hall–Kier alpha value is -2.21. The molecule has 2 aromatic heterocycles. The van der Waals surface area contributed by atoms with E-state index in [1.54, 1.807) is 0 Å². The minimum absolute atomic E-state index is 0.0270. The SMILES string of the molecule is CC(C)n1cc(-c2ccnc(N(CC34CCC(C5CCC(C)(C)CC5)(CC3)CC4)C(=O)C3CCC(O)CC3)c2)cn1. The van der Waals surface area contributed by atoms with Crippen LogP contribution in [0.4, 0.5) is 5.82 Å². The molecule has 0 aromatic carbocycles. The van der Waals surface area contributed by atoms with Gasteiger partial charge in [-0.15, -0.1) is 0 Å². The minimum Gasteiger partial charge on any atom is -0.393 e. The van der Waals surface area contributed by atoms with Gasteiger partial charge in [-0.05, 0) is 144 Å². The zero-order valence-electron chi connectivity index (χ0n) is 25.9. The van der Waals surface area contributed by atoms with E-state index in [-0.39, 0.29) is 23.3 Å². The molecule has 224 valence electrons. The molecule has 41 heavy (non-hydrogen) atoms. The fourth-order valence-corrected chi connectivity index (χ4v) is 8.82. The highest BCUT2D eigenvalue weighted by molar-refractivity contribution is 5.95. The largest absolute Gasteiger partial charge is 0.393 e. The van der Waals surface area contributed by atoms with Gasteiger partial charge in [-0.3, -0.25) is 14.4 Å². The van der Waals surface area contributed by atoms with Gasteiger partial charge in [-0.2, -0.15) is 5.10 Å². The van der Waals surface area contributed by atoms with Crippen LogP contribution >= 0.6 is 0 Å². The number of fused-ring (bicyclic) bond motifs is 3. The molecule has 6 heteroatoms. The maximum atomic E-state index is 14.3. The summed E-state index contributed by atoms with van der Waals surface area (Å²) in [5.74, 6) is 1.86. The average molecular weight is 561 g/mol. The third-order valence-corrected chi connectivity index (χ3v) is 12.0.